The van der Waals surface area contributed by atoms with Crippen LogP contribution in [0.5, 0.6) is 5.75 Å². The van der Waals surface area contributed by atoms with E-state index in [1.54, 1.807) is 19.2 Å². The highest BCUT2D eigenvalue weighted by Gasteiger charge is 2.04. The van der Waals surface area contributed by atoms with E-state index in [4.69, 9.17) is 20.4 Å². The topological polar surface area (TPSA) is 77.1 Å². The Labute approximate surface area is 88.1 Å². The maximum Gasteiger partial charge on any atom is 0.188 e. The summed E-state index contributed by atoms with van der Waals surface area (Å²) in [5, 5.41) is 11.4. The van der Waals surface area contributed by atoms with Crippen molar-refractivity contribution in [2.75, 3.05) is 13.9 Å². The largest absolute Gasteiger partial charge is 0.467 e. The van der Waals surface area contributed by atoms with E-state index in [2.05, 4.69) is 5.16 Å². The molecule has 1 aromatic rings. The molecule has 0 aliphatic heterocycles. The van der Waals surface area contributed by atoms with Crippen LogP contribution in [-0.4, -0.2) is 24.9 Å². The summed E-state index contributed by atoms with van der Waals surface area (Å²) in [5.41, 5.74) is 7.02. The van der Waals surface area contributed by atoms with Crippen molar-refractivity contribution in [3.63, 3.8) is 0 Å². The summed E-state index contributed by atoms with van der Waals surface area (Å²) >= 11 is 0. The molecule has 15 heavy (non-hydrogen) atoms. The van der Waals surface area contributed by atoms with Gasteiger partial charge in [-0.2, -0.15) is 0 Å². The first-order valence-electron chi connectivity index (χ1n) is 4.39. The van der Waals surface area contributed by atoms with Crippen molar-refractivity contribution in [1.82, 2.24) is 0 Å². The molecule has 0 heterocycles. The molecule has 5 heteroatoms. The second kappa shape index (κ2) is 5.21. The van der Waals surface area contributed by atoms with Gasteiger partial charge in [-0.15, -0.1) is 0 Å². The highest BCUT2D eigenvalue weighted by Crippen LogP contribution is 2.19. The Hall–Kier alpha value is -1.75. The maximum atomic E-state index is 8.52. The molecule has 82 valence electrons. The summed E-state index contributed by atoms with van der Waals surface area (Å²) in [7, 11) is 1.54. The van der Waals surface area contributed by atoms with Crippen molar-refractivity contribution in [3.05, 3.63) is 29.3 Å². The van der Waals surface area contributed by atoms with Crippen molar-refractivity contribution >= 4 is 5.84 Å². The molecule has 5 nitrogen and oxygen atoms in total. The Bertz CT molecular complexity index is 364. The Morgan fingerprint density at radius 2 is 2.27 bits per heavy atom. The first-order chi connectivity index (χ1) is 7.19. The van der Waals surface area contributed by atoms with Gasteiger partial charge in [0.2, 0.25) is 0 Å². The van der Waals surface area contributed by atoms with Crippen LogP contribution in [0.3, 0.4) is 0 Å². The van der Waals surface area contributed by atoms with Crippen LogP contribution in [0.25, 0.3) is 0 Å². The average Bonchev–Trinajstić information content (AvgIpc) is 2.27. The molecular weight excluding hydrogens is 196 g/mol. The number of amidine groups is 1. The lowest BCUT2D eigenvalue weighted by Crippen LogP contribution is -2.13. The van der Waals surface area contributed by atoms with E-state index in [0.29, 0.717) is 11.3 Å². The van der Waals surface area contributed by atoms with Crippen LogP contribution in [0.1, 0.15) is 11.1 Å². The number of rotatable bonds is 4. The van der Waals surface area contributed by atoms with Gasteiger partial charge in [0, 0.05) is 12.7 Å². The number of ether oxygens (including phenoxy) is 2. The first-order valence-corrected chi connectivity index (χ1v) is 4.39. The van der Waals surface area contributed by atoms with E-state index >= 15 is 0 Å². The molecule has 0 aromatic heterocycles. The Kier molecular flexibility index (Phi) is 3.93. The van der Waals surface area contributed by atoms with Crippen molar-refractivity contribution < 1.29 is 14.7 Å². The Morgan fingerprint density at radius 1 is 1.53 bits per heavy atom. The first kappa shape index (κ1) is 11.3. The third-order valence-electron chi connectivity index (χ3n) is 1.92. The summed E-state index contributed by atoms with van der Waals surface area (Å²) in [5.74, 6) is 0.707. The minimum Gasteiger partial charge on any atom is -0.467 e. The summed E-state index contributed by atoms with van der Waals surface area (Å²) in [4.78, 5) is 0. The molecule has 0 aliphatic rings. The van der Waals surface area contributed by atoms with Crippen LogP contribution >= 0.6 is 0 Å². The molecular formula is C10H14N2O3. The van der Waals surface area contributed by atoms with E-state index in [-0.39, 0.29) is 12.6 Å². The number of benzene rings is 1. The maximum absolute atomic E-state index is 8.52. The van der Waals surface area contributed by atoms with Gasteiger partial charge in [0.15, 0.2) is 12.6 Å². The lowest BCUT2D eigenvalue weighted by atomic mass is 10.1. The van der Waals surface area contributed by atoms with Crippen molar-refractivity contribution in [2.45, 2.75) is 6.92 Å². The highest BCUT2D eigenvalue weighted by molar-refractivity contribution is 5.97. The molecule has 3 N–H and O–H groups in total. The molecule has 0 saturated carbocycles. The molecule has 0 aliphatic carbocycles. The van der Waals surface area contributed by atoms with Crippen LogP contribution in [0.15, 0.2) is 23.4 Å². The van der Waals surface area contributed by atoms with Gasteiger partial charge in [0.1, 0.15) is 5.75 Å². The van der Waals surface area contributed by atoms with Crippen LogP contribution in [0.4, 0.5) is 0 Å². The van der Waals surface area contributed by atoms with Crippen molar-refractivity contribution in [1.29, 1.82) is 0 Å². The van der Waals surface area contributed by atoms with E-state index in [1.165, 1.54) is 0 Å². The number of methoxy groups -OCH3 is 1. The fourth-order valence-corrected chi connectivity index (χ4v) is 1.10. The smallest absolute Gasteiger partial charge is 0.188 e. The molecule has 0 amide bonds. The van der Waals surface area contributed by atoms with Crippen LogP contribution in [0.2, 0.25) is 0 Å². The zero-order valence-corrected chi connectivity index (χ0v) is 8.73. The number of nitrogens with two attached hydrogens (primary N) is 1. The lowest BCUT2D eigenvalue weighted by molar-refractivity contribution is 0.0506. The molecule has 0 bridgehead atoms. The fraction of sp³-hybridized carbons (Fsp3) is 0.300. The Morgan fingerprint density at radius 3 is 2.87 bits per heavy atom. The number of aryl methyl sites for hydroxylation is 1. The van der Waals surface area contributed by atoms with Gasteiger partial charge in [-0.1, -0.05) is 17.3 Å². The molecule has 0 atom stereocenters. The quantitative estimate of drug-likeness (QED) is 0.256. The predicted molar refractivity (Wildman–Crippen MR) is 56.2 cm³/mol. The second-order valence-electron chi connectivity index (χ2n) is 3.02. The fourth-order valence-electron chi connectivity index (χ4n) is 1.10. The highest BCUT2D eigenvalue weighted by atomic mass is 16.7. The molecule has 1 aromatic carbocycles. The zero-order valence-electron chi connectivity index (χ0n) is 8.73. The molecule has 0 saturated heterocycles. The Balaban J connectivity index is 2.94. The molecule has 0 spiro atoms. The SMILES string of the molecule is COCOc1cc(/C(N)=N/O)ccc1C. The summed E-state index contributed by atoms with van der Waals surface area (Å²) in [6, 6.07) is 5.28. The number of nitrogens with zero attached hydrogens (tertiary/aromatic N) is 1. The summed E-state index contributed by atoms with van der Waals surface area (Å²) in [6.07, 6.45) is 0. The molecule has 0 unspecified atom stereocenters. The second-order valence-corrected chi connectivity index (χ2v) is 3.02. The van der Waals surface area contributed by atoms with E-state index in [0.717, 1.165) is 5.56 Å². The minimum absolute atomic E-state index is 0.0530. The molecule has 0 fully saturated rings. The monoisotopic (exact) mass is 210 g/mol. The van der Waals surface area contributed by atoms with Gasteiger partial charge < -0.3 is 20.4 Å². The third-order valence-corrected chi connectivity index (χ3v) is 1.92. The number of oxime groups is 1. The van der Waals surface area contributed by atoms with Gasteiger partial charge in [-0.05, 0) is 18.6 Å². The zero-order chi connectivity index (χ0) is 11.3. The van der Waals surface area contributed by atoms with Crippen molar-refractivity contribution in [2.24, 2.45) is 10.9 Å². The van der Waals surface area contributed by atoms with E-state index in [1.807, 2.05) is 13.0 Å². The minimum atomic E-state index is 0.0530. The van der Waals surface area contributed by atoms with Crippen LogP contribution in [0, 0.1) is 6.92 Å². The third kappa shape index (κ3) is 2.85. The molecule has 0 radical (unpaired) electrons. The van der Waals surface area contributed by atoms with Gasteiger partial charge in [-0.25, -0.2) is 0 Å². The van der Waals surface area contributed by atoms with Gasteiger partial charge in [-0.3, -0.25) is 0 Å². The summed E-state index contributed by atoms with van der Waals surface area (Å²) < 4.78 is 10.1. The van der Waals surface area contributed by atoms with Gasteiger partial charge in [0.05, 0.1) is 0 Å². The van der Waals surface area contributed by atoms with Gasteiger partial charge >= 0.3 is 0 Å². The predicted octanol–water partition coefficient (Wildman–Crippen LogP) is 1.07. The summed E-state index contributed by atoms with van der Waals surface area (Å²) in [6.45, 7) is 2.07. The number of hydrogen-bond donors (Lipinski definition) is 2. The van der Waals surface area contributed by atoms with Gasteiger partial charge in [0.25, 0.3) is 0 Å². The number of hydrogen-bond acceptors (Lipinski definition) is 4. The van der Waals surface area contributed by atoms with E-state index < -0.39 is 0 Å². The van der Waals surface area contributed by atoms with Crippen LogP contribution < -0.4 is 10.5 Å². The standard InChI is InChI=1S/C10H14N2O3/c1-7-3-4-8(10(11)12-13)5-9(7)15-6-14-2/h3-5,13H,6H2,1-2H3,(H2,11,12). The lowest BCUT2D eigenvalue weighted by Gasteiger charge is -2.09. The van der Waals surface area contributed by atoms with Crippen LogP contribution in [-0.2, 0) is 4.74 Å². The normalized spacial score (nSPS) is 11.5. The van der Waals surface area contributed by atoms with E-state index in [9.17, 15) is 0 Å². The van der Waals surface area contributed by atoms with Crippen molar-refractivity contribution in [3.8, 4) is 5.75 Å². The molecule has 1 rings (SSSR count). The average molecular weight is 210 g/mol.